The summed E-state index contributed by atoms with van der Waals surface area (Å²) in [5.41, 5.74) is 6.55. The van der Waals surface area contributed by atoms with E-state index in [-0.39, 0.29) is 30.7 Å². The van der Waals surface area contributed by atoms with Crippen LogP contribution in [0, 0.1) is 0 Å². The minimum Gasteiger partial charge on any atom is -0.492 e. The van der Waals surface area contributed by atoms with E-state index >= 15 is 0 Å². The van der Waals surface area contributed by atoms with E-state index in [4.69, 9.17) is 15.2 Å². The summed E-state index contributed by atoms with van der Waals surface area (Å²) in [5.74, 6) is 0.801. The number of hydrogen-bond donors (Lipinski definition) is 2. The molecule has 2 aliphatic rings. The third kappa shape index (κ3) is 7.61. The van der Waals surface area contributed by atoms with Gasteiger partial charge in [-0.05, 0) is 50.4 Å². The molecular weight excluding hydrogens is 413 g/mol. The van der Waals surface area contributed by atoms with Crippen LogP contribution in [0.5, 0.6) is 5.75 Å². The van der Waals surface area contributed by atoms with E-state index in [1.54, 1.807) is 0 Å². The van der Waals surface area contributed by atoms with E-state index < -0.39 is 5.54 Å². The van der Waals surface area contributed by atoms with Gasteiger partial charge in [-0.15, -0.1) is 24.8 Å². The third-order valence-corrected chi connectivity index (χ3v) is 5.83. The van der Waals surface area contributed by atoms with Crippen molar-refractivity contribution in [1.82, 2.24) is 10.2 Å². The predicted molar refractivity (Wildman–Crippen MR) is 120 cm³/mol. The summed E-state index contributed by atoms with van der Waals surface area (Å²) in [5, 5.41) is 2.99. The average Bonchev–Trinajstić information content (AvgIpc) is 3.15. The standard InChI is InChI=1S/C21H33N3O3.2ClH/c1-24(18-7-12-26-13-8-18)11-14-27-19-6-4-5-17(15-19)16-23-20(25)21(22)9-2-3-10-21;;/h4-6,15,18H,2-3,7-14,16,22H2,1H3,(H,23,25);2*1H. The zero-order valence-electron chi connectivity index (χ0n) is 17.2. The number of nitrogens with two attached hydrogens (primary N) is 1. The van der Waals surface area contributed by atoms with Crippen molar-refractivity contribution in [1.29, 1.82) is 0 Å². The van der Waals surface area contributed by atoms with Gasteiger partial charge in [0.15, 0.2) is 0 Å². The fraction of sp³-hybridized carbons (Fsp3) is 0.667. The maximum atomic E-state index is 12.3. The first-order valence-electron chi connectivity index (χ1n) is 10.1. The predicted octanol–water partition coefficient (Wildman–Crippen LogP) is 2.91. The Balaban J connectivity index is 0.00000210. The van der Waals surface area contributed by atoms with Gasteiger partial charge in [0.2, 0.25) is 5.91 Å². The number of hydrogen-bond acceptors (Lipinski definition) is 5. The van der Waals surface area contributed by atoms with Crippen molar-refractivity contribution in [2.75, 3.05) is 33.4 Å². The Bertz CT molecular complexity index is 621. The van der Waals surface area contributed by atoms with Crippen LogP contribution in [0.4, 0.5) is 0 Å². The Hall–Kier alpha value is -1.05. The topological polar surface area (TPSA) is 76.8 Å². The minimum atomic E-state index is -0.678. The lowest BCUT2D eigenvalue weighted by atomic mass is 9.98. The molecule has 2 fully saturated rings. The molecule has 166 valence electrons. The Morgan fingerprint density at radius 1 is 1.28 bits per heavy atom. The molecule has 0 bridgehead atoms. The average molecular weight is 448 g/mol. The Morgan fingerprint density at radius 3 is 2.66 bits per heavy atom. The summed E-state index contributed by atoms with van der Waals surface area (Å²) in [6.07, 6.45) is 5.82. The number of amides is 1. The van der Waals surface area contributed by atoms with Crippen LogP contribution < -0.4 is 15.8 Å². The number of ether oxygens (including phenoxy) is 2. The zero-order valence-corrected chi connectivity index (χ0v) is 18.9. The molecule has 6 nitrogen and oxygen atoms in total. The van der Waals surface area contributed by atoms with E-state index in [9.17, 15) is 4.79 Å². The van der Waals surface area contributed by atoms with E-state index in [1.807, 2.05) is 24.3 Å². The number of rotatable bonds is 8. The molecule has 1 aliphatic heterocycles. The van der Waals surface area contributed by atoms with Crippen molar-refractivity contribution in [2.45, 2.75) is 56.7 Å². The summed E-state index contributed by atoms with van der Waals surface area (Å²) in [7, 11) is 2.15. The Labute approximate surface area is 186 Å². The molecule has 1 aromatic rings. The second-order valence-corrected chi connectivity index (χ2v) is 7.87. The first-order chi connectivity index (χ1) is 13.1. The van der Waals surface area contributed by atoms with Crippen molar-refractivity contribution in [3.8, 4) is 5.75 Å². The van der Waals surface area contributed by atoms with Crippen LogP contribution in [0.1, 0.15) is 44.1 Å². The molecule has 29 heavy (non-hydrogen) atoms. The molecule has 8 heteroatoms. The quantitative estimate of drug-likeness (QED) is 0.640. The molecule has 1 aromatic carbocycles. The van der Waals surface area contributed by atoms with Gasteiger partial charge in [0.1, 0.15) is 12.4 Å². The normalized spacial score (nSPS) is 18.6. The van der Waals surface area contributed by atoms with Crippen molar-refractivity contribution in [3.63, 3.8) is 0 Å². The van der Waals surface area contributed by atoms with Gasteiger partial charge in [-0.1, -0.05) is 25.0 Å². The van der Waals surface area contributed by atoms with Gasteiger partial charge >= 0.3 is 0 Å². The molecule has 1 aliphatic carbocycles. The second kappa shape index (κ2) is 12.6. The molecule has 0 atom stereocenters. The molecule has 1 saturated heterocycles. The van der Waals surface area contributed by atoms with E-state index in [0.717, 1.165) is 69.6 Å². The monoisotopic (exact) mass is 447 g/mol. The van der Waals surface area contributed by atoms with E-state index in [2.05, 4.69) is 17.3 Å². The van der Waals surface area contributed by atoms with Crippen LogP contribution in [-0.2, 0) is 16.1 Å². The van der Waals surface area contributed by atoms with Crippen LogP contribution >= 0.6 is 24.8 Å². The molecular formula is C21H35Cl2N3O3. The molecule has 0 spiro atoms. The summed E-state index contributed by atoms with van der Waals surface area (Å²) in [4.78, 5) is 14.7. The zero-order chi connectivity index (χ0) is 19.1. The summed E-state index contributed by atoms with van der Waals surface area (Å²) in [6, 6.07) is 8.50. The first kappa shape index (κ1) is 26.0. The number of halogens is 2. The van der Waals surface area contributed by atoms with Gasteiger partial charge in [0.25, 0.3) is 0 Å². The van der Waals surface area contributed by atoms with Crippen molar-refractivity contribution >= 4 is 30.7 Å². The van der Waals surface area contributed by atoms with Crippen molar-refractivity contribution < 1.29 is 14.3 Å². The van der Waals surface area contributed by atoms with Crippen LogP contribution in [0.3, 0.4) is 0 Å². The Morgan fingerprint density at radius 2 is 1.97 bits per heavy atom. The Kier molecular flexibility index (Phi) is 11.3. The van der Waals surface area contributed by atoms with Gasteiger partial charge in [-0.25, -0.2) is 0 Å². The molecule has 3 rings (SSSR count). The first-order valence-corrected chi connectivity index (χ1v) is 10.1. The fourth-order valence-corrected chi connectivity index (χ4v) is 3.95. The van der Waals surface area contributed by atoms with Crippen molar-refractivity contribution in [2.24, 2.45) is 5.73 Å². The van der Waals surface area contributed by atoms with Gasteiger partial charge in [-0.2, -0.15) is 0 Å². The fourth-order valence-electron chi connectivity index (χ4n) is 3.95. The SMILES string of the molecule is CN(CCOc1cccc(CNC(=O)C2(N)CCCC2)c1)C1CCOCC1.Cl.Cl. The van der Waals surface area contributed by atoms with Gasteiger partial charge in [0, 0.05) is 32.3 Å². The molecule has 1 amide bonds. The maximum Gasteiger partial charge on any atom is 0.240 e. The lowest BCUT2D eigenvalue weighted by Crippen LogP contribution is -2.51. The number of nitrogens with zero attached hydrogens (tertiary/aromatic N) is 1. The number of likely N-dealkylation sites (N-methyl/N-ethyl adjacent to an activating group) is 1. The van der Waals surface area contributed by atoms with Crippen molar-refractivity contribution in [3.05, 3.63) is 29.8 Å². The molecule has 0 unspecified atom stereocenters. The lowest BCUT2D eigenvalue weighted by Gasteiger charge is -2.31. The van der Waals surface area contributed by atoms with Gasteiger partial charge in [0.05, 0.1) is 5.54 Å². The molecule has 1 saturated carbocycles. The number of carbonyl (C=O) groups is 1. The lowest BCUT2D eigenvalue weighted by molar-refractivity contribution is -0.126. The van der Waals surface area contributed by atoms with Gasteiger partial charge < -0.3 is 20.5 Å². The van der Waals surface area contributed by atoms with Crippen LogP contribution in [0.15, 0.2) is 24.3 Å². The molecule has 3 N–H and O–H groups in total. The smallest absolute Gasteiger partial charge is 0.240 e. The van der Waals surface area contributed by atoms with E-state index in [1.165, 1.54) is 0 Å². The molecule has 0 radical (unpaired) electrons. The highest BCUT2D eigenvalue weighted by molar-refractivity contribution is 5.86. The highest BCUT2D eigenvalue weighted by Gasteiger charge is 2.36. The van der Waals surface area contributed by atoms with Crippen LogP contribution in [-0.4, -0.2) is 55.8 Å². The second-order valence-electron chi connectivity index (χ2n) is 7.87. The maximum absolute atomic E-state index is 12.3. The van der Waals surface area contributed by atoms with E-state index in [0.29, 0.717) is 19.2 Å². The minimum absolute atomic E-state index is 0. The summed E-state index contributed by atoms with van der Waals surface area (Å²) >= 11 is 0. The number of benzene rings is 1. The summed E-state index contributed by atoms with van der Waals surface area (Å²) in [6.45, 7) is 3.73. The number of nitrogens with one attached hydrogen (secondary N) is 1. The highest BCUT2D eigenvalue weighted by Crippen LogP contribution is 2.27. The highest BCUT2D eigenvalue weighted by atomic mass is 35.5. The third-order valence-electron chi connectivity index (χ3n) is 5.83. The molecule has 0 aromatic heterocycles. The largest absolute Gasteiger partial charge is 0.492 e. The summed E-state index contributed by atoms with van der Waals surface area (Å²) < 4.78 is 11.3. The van der Waals surface area contributed by atoms with Gasteiger partial charge in [-0.3, -0.25) is 9.69 Å². The molecule has 1 heterocycles. The number of carbonyl (C=O) groups excluding carboxylic acids is 1. The van der Waals surface area contributed by atoms with Crippen LogP contribution in [0.25, 0.3) is 0 Å². The van der Waals surface area contributed by atoms with Crippen LogP contribution in [0.2, 0.25) is 0 Å².